The number of fused-ring (bicyclic) bond motifs is 1. The molecule has 0 N–H and O–H groups in total. The third kappa shape index (κ3) is 5.49. The molecular formula is C18Br2F26N2S. The van der Waals surface area contributed by atoms with Gasteiger partial charge in [0.2, 0.25) is 0 Å². The van der Waals surface area contributed by atoms with Crippen molar-refractivity contribution in [2.45, 2.75) is 71.6 Å². The number of alkyl halides is 26. The highest BCUT2D eigenvalue weighted by atomic mass is 79.9. The monoisotopic (exact) mass is 928 g/mol. The van der Waals surface area contributed by atoms with Gasteiger partial charge in [-0.15, -0.1) is 11.3 Å². The van der Waals surface area contributed by atoms with E-state index in [0.717, 1.165) is 0 Å². The normalized spacial score (nSPS) is 16.2. The van der Waals surface area contributed by atoms with Crippen molar-refractivity contribution in [2.75, 3.05) is 0 Å². The molecule has 284 valence electrons. The highest BCUT2D eigenvalue weighted by Crippen LogP contribution is 2.65. The van der Waals surface area contributed by atoms with Crippen LogP contribution in [-0.4, -0.2) is 69.7 Å². The van der Waals surface area contributed by atoms with Gasteiger partial charge in [-0.2, -0.15) is 114 Å². The number of hydrogen-bond acceptors (Lipinski definition) is 3. The number of nitrogens with zero attached hydrogens (tertiary/aromatic N) is 2. The Morgan fingerprint density at radius 3 is 0.735 bits per heavy atom. The van der Waals surface area contributed by atoms with Crippen LogP contribution in [0.4, 0.5) is 114 Å². The number of halogens is 28. The molecule has 0 aliphatic carbocycles. The van der Waals surface area contributed by atoms with Crippen molar-refractivity contribution in [1.29, 1.82) is 0 Å². The molecular weight excluding hydrogens is 930 g/mol. The van der Waals surface area contributed by atoms with Crippen molar-refractivity contribution in [2.24, 2.45) is 0 Å². The summed E-state index contributed by atoms with van der Waals surface area (Å²) in [5.74, 6) is -86.2. The van der Waals surface area contributed by atoms with Gasteiger partial charge in [-0.25, -0.2) is 9.97 Å². The molecule has 2 heterocycles. The van der Waals surface area contributed by atoms with E-state index in [9.17, 15) is 114 Å². The molecule has 0 aliphatic rings. The quantitative estimate of drug-likeness (QED) is 0.222. The fraction of sp³-hybridized carbons (Fsp3) is 0.667. The third-order valence-electron chi connectivity index (χ3n) is 5.91. The Bertz CT molecular complexity index is 1470. The molecule has 0 unspecified atom stereocenters. The van der Waals surface area contributed by atoms with Gasteiger partial charge in [0, 0.05) is 0 Å². The molecule has 49 heavy (non-hydrogen) atoms. The van der Waals surface area contributed by atoms with E-state index in [-0.39, 0.29) is 11.3 Å². The van der Waals surface area contributed by atoms with E-state index >= 15 is 0 Å². The Labute approximate surface area is 269 Å². The highest BCUT2D eigenvalue weighted by Gasteiger charge is 2.93. The second-order valence-corrected chi connectivity index (χ2v) is 12.7. The van der Waals surface area contributed by atoms with Gasteiger partial charge >= 0.3 is 71.6 Å². The van der Waals surface area contributed by atoms with Crippen molar-refractivity contribution < 1.29 is 114 Å². The Kier molecular flexibility index (Phi) is 10.0. The zero-order chi connectivity index (χ0) is 39.6. The van der Waals surface area contributed by atoms with Crippen LogP contribution in [0.3, 0.4) is 0 Å². The standard InChI is InChI=1S/C18Br2F26N2S/c19-5-1-2(6(20)49-5)48-4(8(23,24)10(27,28)12(31,32)14(35,36)16(39,40)18(44,45)46)3(47-1)7(21,22)9(25,26)11(29,30)13(33,34)15(37,38)17(41,42)43. The average molecular weight is 930 g/mol. The summed E-state index contributed by atoms with van der Waals surface area (Å²) >= 11 is 4.26. The van der Waals surface area contributed by atoms with Crippen molar-refractivity contribution in [3.05, 3.63) is 19.0 Å². The lowest BCUT2D eigenvalue weighted by atomic mass is 9.88. The number of aromatic nitrogens is 2. The lowest BCUT2D eigenvalue weighted by Gasteiger charge is -2.41. The predicted octanol–water partition coefficient (Wildman–Crippen LogP) is 11.6. The fourth-order valence-electron chi connectivity index (χ4n) is 3.16. The zero-order valence-corrected chi connectivity index (χ0v) is 24.9. The molecule has 0 spiro atoms. The second-order valence-electron chi connectivity index (χ2n) is 9.01. The minimum atomic E-state index is -8.91. The maximum Gasteiger partial charge on any atom is 0.460 e. The number of rotatable bonds is 10. The van der Waals surface area contributed by atoms with Crippen LogP contribution in [0.25, 0.3) is 11.0 Å². The maximum absolute atomic E-state index is 15.0. The highest BCUT2D eigenvalue weighted by molar-refractivity contribution is 9.12. The Balaban J connectivity index is 3.12. The third-order valence-corrected chi connectivity index (χ3v) is 8.38. The fourth-order valence-corrected chi connectivity index (χ4v) is 5.97. The number of hydrogen-bond donors (Lipinski definition) is 0. The maximum atomic E-state index is 15.0. The van der Waals surface area contributed by atoms with Crippen molar-refractivity contribution >= 4 is 54.2 Å². The predicted molar refractivity (Wildman–Crippen MR) is 112 cm³/mol. The Hall–Kier alpha value is -1.82. The first-order chi connectivity index (χ1) is 21.0. The van der Waals surface area contributed by atoms with Gasteiger partial charge in [-0.05, 0) is 31.9 Å². The van der Waals surface area contributed by atoms with Gasteiger partial charge in [0.05, 0.1) is 7.57 Å². The minimum absolute atomic E-state index is 0.173. The van der Waals surface area contributed by atoms with Crippen molar-refractivity contribution in [3.63, 3.8) is 0 Å². The van der Waals surface area contributed by atoms with E-state index in [4.69, 9.17) is 0 Å². The van der Waals surface area contributed by atoms with Crippen LogP contribution >= 0.6 is 43.2 Å². The van der Waals surface area contributed by atoms with Gasteiger partial charge < -0.3 is 0 Å². The van der Waals surface area contributed by atoms with Crippen LogP contribution in [0.2, 0.25) is 0 Å². The summed E-state index contributed by atoms with van der Waals surface area (Å²) in [6.07, 6.45) is -16.1. The first kappa shape index (κ1) is 43.3. The van der Waals surface area contributed by atoms with Crippen LogP contribution in [-0.2, 0) is 11.8 Å². The van der Waals surface area contributed by atoms with Crippen LogP contribution in [0.15, 0.2) is 7.57 Å². The minimum Gasteiger partial charge on any atom is -0.240 e. The number of thiophene rings is 1. The second kappa shape index (κ2) is 11.3. The molecule has 0 amide bonds. The summed E-state index contributed by atoms with van der Waals surface area (Å²) in [6.45, 7) is 0. The summed E-state index contributed by atoms with van der Waals surface area (Å²) in [5.41, 5.74) is -12.6. The summed E-state index contributed by atoms with van der Waals surface area (Å²) in [6, 6.07) is 0. The zero-order valence-electron chi connectivity index (χ0n) is 20.9. The summed E-state index contributed by atoms with van der Waals surface area (Å²) < 4.78 is 353. The molecule has 0 saturated carbocycles. The van der Waals surface area contributed by atoms with Crippen LogP contribution in [0.5, 0.6) is 0 Å². The summed E-state index contributed by atoms with van der Waals surface area (Å²) in [5, 5.41) is 0. The van der Waals surface area contributed by atoms with E-state index in [1.807, 2.05) is 9.97 Å². The van der Waals surface area contributed by atoms with Crippen LogP contribution < -0.4 is 0 Å². The van der Waals surface area contributed by atoms with E-state index in [0.29, 0.717) is 0 Å². The van der Waals surface area contributed by atoms with E-state index in [1.165, 1.54) is 0 Å². The van der Waals surface area contributed by atoms with E-state index in [1.54, 1.807) is 0 Å². The van der Waals surface area contributed by atoms with Gasteiger partial charge in [0.25, 0.3) is 0 Å². The lowest BCUT2D eigenvalue weighted by Crippen LogP contribution is -2.70. The van der Waals surface area contributed by atoms with Crippen molar-refractivity contribution in [3.8, 4) is 0 Å². The summed E-state index contributed by atoms with van der Waals surface area (Å²) in [4.78, 5) is 3.86. The molecule has 0 saturated heterocycles. The molecule has 0 aliphatic heterocycles. The largest absolute Gasteiger partial charge is 0.460 e. The molecule has 2 nitrogen and oxygen atoms in total. The van der Waals surface area contributed by atoms with Gasteiger partial charge in [0.1, 0.15) is 22.4 Å². The Morgan fingerprint density at radius 2 is 0.531 bits per heavy atom. The lowest BCUT2D eigenvalue weighted by molar-refractivity contribution is -0.444. The molecule has 0 bridgehead atoms. The van der Waals surface area contributed by atoms with E-state index < -0.39 is 102 Å². The molecule has 0 fully saturated rings. The van der Waals surface area contributed by atoms with Gasteiger partial charge in [0.15, 0.2) is 0 Å². The van der Waals surface area contributed by atoms with Crippen LogP contribution in [0.1, 0.15) is 11.4 Å². The van der Waals surface area contributed by atoms with E-state index in [2.05, 4.69) is 31.9 Å². The molecule has 2 rings (SSSR count). The average Bonchev–Trinajstić information content (AvgIpc) is 3.17. The molecule has 2 aromatic heterocycles. The SMILES string of the molecule is FC(F)(F)C(F)(F)C(F)(F)C(F)(F)C(F)(F)C(F)(F)c1nc2c(Br)sc(Br)c2nc1C(F)(F)C(F)(F)C(F)(F)C(F)(F)C(F)(F)C(F)(F)F. The van der Waals surface area contributed by atoms with Gasteiger partial charge in [-0.3, -0.25) is 0 Å². The molecule has 0 aromatic carbocycles. The van der Waals surface area contributed by atoms with Gasteiger partial charge in [-0.1, -0.05) is 0 Å². The smallest absolute Gasteiger partial charge is 0.240 e. The molecule has 0 radical (unpaired) electrons. The molecule has 31 heteroatoms. The first-order valence-electron chi connectivity index (χ1n) is 10.6. The molecule has 2 aromatic rings. The van der Waals surface area contributed by atoms with Crippen LogP contribution in [0, 0.1) is 0 Å². The first-order valence-corrected chi connectivity index (χ1v) is 13.0. The summed E-state index contributed by atoms with van der Waals surface area (Å²) in [7, 11) is 0. The molecule has 0 atom stereocenters. The van der Waals surface area contributed by atoms with Crippen molar-refractivity contribution in [1.82, 2.24) is 9.97 Å². The topological polar surface area (TPSA) is 25.8 Å². The Morgan fingerprint density at radius 1 is 0.327 bits per heavy atom.